The van der Waals surface area contributed by atoms with Crippen molar-refractivity contribution < 1.29 is 9.53 Å². The van der Waals surface area contributed by atoms with Crippen molar-refractivity contribution in [1.29, 1.82) is 0 Å². The fourth-order valence-electron chi connectivity index (χ4n) is 3.84. The summed E-state index contributed by atoms with van der Waals surface area (Å²) in [6.07, 6.45) is 3.98. The smallest absolute Gasteiger partial charge is 0.223 e. The quantitative estimate of drug-likeness (QED) is 0.516. The van der Waals surface area contributed by atoms with Gasteiger partial charge in [0.2, 0.25) is 5.91 Å². The van der Waals surface area contributed by atoms with Crippen LogP contribution in [-0.2, 0) is 17.6 Å². The Kier molecular flexibility index (Phi) is 4.51. The van der Waals surface area contributed by atoms with Gasteiger partial charge in [-0.05, 0) is 42.4 Å². The van der Waals surface area contributed by atoms with E-state index in [4.69, 9.17) is 4.74 Å². The van der Waals surface area contributed by atoms with E-state index in [0.717, 1.165) is 51.2 Å². The Morgan fingerprint density at radius 3 is 3.03 bits per heavy atom. The van der Waals surface area contributed by atoms with Crippen LogP contribution in [0.3, 0.4) is 0 Å². The molecule has 0 unspecified atom stereocenters. The number of fused-ring (bicyclic) bond motifs is 4. The monoisotopic (exact) mass is 426 g/mol. The number of hydrogen-bond donors (Lipinski definition) is 2. The highest BCUT2D eigenvalue weighted by Gasteiger charge is 2.28. The van der Waals surface area contributed by atoms with Gasteiger partial charge in [0.05, 0.1) is 22.9 Å². The Balaban J connectivity index is 1.57. The number of benzene rings is 1. The van der Waals surface area contributed by atoms with E-state index in [-0.39, 0.29) is 11.8 Å². The number of hydrogen-bond acceptors (Lipinski definition) is 9. The highest BCUT2D eigenvalue weighted by Crippen LogP contribution is 2.41. The van der Waals surface area contributed by atoms with Gasteiger partial charge in [-0.3, -0.25) is 4.79 Å². The lowest BCUT2D eigenvalue weighted by molar-refractivity contribution is -0.124. The molecule has 2 N–H and O–H groups in total. The fraction of sp³-hybridized carbons (Fsp3) is 0.316. The van der Waals surface area contributed by atoms with Gasteiger partial charge in [0.1, 0.15) is 28.2 Å². The Bertz CT molecular complexity index is 1230. The third-order valence-corrected chi connectivity index (χ3v) is 7.13. The Hall–Kier alpha value is -2.85. The second kappa shape index (κ2) is 7.20. The van der Waals surface area contributed by atoms with Gasteiger partial charge >= 0.3 is 0 Å². The van der Waals surface area contributed by atoms with Gasteiger partial charge in [0.25, 0.3) is 0 Å². The van der Waals surface area contributed by atoms with Crippen LogP contribution >= 0.6 is 22.9 Å². The molecule has 0 aliphatic heterocycles. The van der Waals surface area contributed by atoms with Crippen LogP contribution in [0.4, 0.5) is 11.5 Å². The number of aromatic nitrogens is 4. The van der Waals surface area contributed by atoms with Crippen molar-refractivity contribution in [1.82, 2.24) is 24.9 Å². The van der Waals surface area contributed by atoms with E-state index in [0.29, 0.717) is 5.75 Å². The Morgan fingerprint density at radius 1 is 1.31 bits per heavy atom. The molecule has 0 spiro atoms. The number of nitrogens with one attached hydrogen (secondary N) is 2. The van der Waals surface area contributed by atoms with Crippen LogP contribution in [0.5, 0.6) is 5.75 Å². The van der Waals surface area contributed by atoms with Gasteiger partial charge in [-0.25, -0.2) is 9.97 Å². The van der Waals surface area contributed by atoms with E-state index in [1.165, 1.54) is 22.0 Å². The molecule has 148 valence electrons. The van der Waals surface area contributed by atoms with Crippen LogP contribution in [0.15, 0.2) is 18.5 Å². The van der Waals surface area contributed by atoms with Crippen LogP contribution in [-0.4, -0.2) is 39.6 Å². The summed E-state index contributed by atoms with van der Waals surface area (Å²) in [6.45, 7) is 0. The molecule has 10 heteroatoms. The van der Waals surface area contributed by atoms with Gasteiger partial charge in [0.15, 0.2) is 0 Å². The Morgan fingerprint density at radius 2 is 2.21 bits per heavy atom. The lowest BCUT2D eigenvalue weighted by Crippen LogP contribution is -2.31. The molecule has 1 aliphatic carbocycles. The molecule has 3 aromatic heterocycles. The second-order valence-corrected chi connectivity index (χ2v) is 8.75. The molecule has 0 bridgehead atoms. The van der Waals surface area contributed by atoms with E-state index in [2.05, 4.69) is 30.2 Å². The number of amides is 1. The topological polar surface area (TPSA) is 102 Å². The average molecular weight is 427 g/mol. The minimum Gasteiger partial charge on any atom is -0.494 e. The zero-order valence-electron chi connectivity index (χ0n) is 15.9. The maximum Gasteiger partial charge on any atom is 0.223 e. The summed E-state index contributed by atoms with van der Waals surface area (Å²) in [7, 11) is 3.33. The number of thiophene rings is 1. The number of nitrogens with zero attached hydrogens (tertiary/aromatic N) is 4. The zero-order valence-corrected chi connectivity index (χ0v) is 17.5. The van der Waals surface area contributed by atoms with Gasteiger partial charge in [0, 0.05) is 23.9 Å². The fourth-order valence-corrected chi connectivity index (χ4v) is 5.68. The number of rotatable bonds is 4. The molecule has 1 amide bonds. The summed E-state index contributed by atoms with van der Waals surface area (Å²) in [5.41, 5.74) is 2.86. The van der Waals surface area contributed by atoms with E-state index < -0.39 is 0 Å². The average Bonchev–Trinajstić information content (AvgIpc) is 3.35. The molecular formula is C19H18N6O2S2. The molecule has 0 saturated carbocycles. The minimum atomic E-state index is 0.0197. The highest BCUT2D eigenvalue weighted by molar-refractivity contribution is 7.19. The molecule has 0 fully saturated rings. The van der Waals surface area contributed by atoms with Crippen LogP contribution < -0.4 is 15.4 Å². The molecule has 29 heavy (non-hydrogen) atoms. The summed E-state index contributed by atoms with van der Waals surface area (Å²) in [4.78, 5) is 23.2. The van der Waals surface area contributed by atoms with Gasteiger partial charge < -0.3 is 15.4 Å². The Labute approximate surface area is 174 Å². The molecule has 3 heterocycles. The molecule has 1 aliphatic rings. The lowest BCUT2D eigenvalue weighted by atomic mass is 9.87. The summed E-state index contributed by atoms with van der Waals surface area (Å²) in [5, 5.41) is 11.3. The first kappa shape index (κ1) is 18.2. The summed E-state index contributed by atoms with van der Waals surface area (Å²) in [5.74, 6) is 1.56. The molecule has 5 rings (SSSR count). The first-order valence-corrected chi connectivity index (χ1v) is 10.8. The summed E-state index contributed by atoms with van der Waals surface area (Å²) in [6, 6.07) is 3.85. The van der Waals surface area contributed by atoms with E-state index in [1.807, 2.05) is 12.1 Å². The maximum atomic E-state index is 12.1. The van der Waals surface area contributed by atoms with Crippen molar-refractivity contribution in [2.24, 2.45) is 5.92 Å². The maximum absolute atomic E-state index is 12.1. The highest BCUT2D eigenvalue weighted by atomic mass is 32.1. The van der Waals surface area contributed by atoms with Gasteiger partial charge in [-0.15, -0.1) is 16.4 Å². The first-order valence-electron chi connectivity index (χ1n) is 9.22. The number of ether oxygens (including phenoxy) is 1. The molecule has 0 radical (unpaired) electrons. The van der Waals surface area contributed by atoms with Crippen LogP contribution in [0, 0.1) is 5.92 Å². The lowest BCUT2D eigenvalue weighted by Gasteiger charge is -2.21. The number of anilines is 2. The zero-order chi connectivity index (χ0) is 20.0. The third kappa shape index (κ3) is 3.08. The minimum absolute atomic E-state index is 0.0197. The molecule has 1 aromatic carbocycles. The second-order valence-electron chi connectivity index (χ2n) is 6.88. The largest absolute Gasteiger partial charge is 0.494 e. The van der Waals surface area contributed by atoms with Crippen LogP contribution in [0.1, 0.15) is 16.9 Å². The number of carbonyl (C=O) groups excluding carboxylic acids is 1. The normalized spacial score (nSPS) is 16.0. The summed E-state index contributed by atoms with van der Waals surface area (Å²) < 4.78 is 10.5. The van der Waals surface area contributed by atoms with Crippen molar-refractivity contribution in [3.63, 3.8) is 0 Å². The third-order valence-electron chi connectivity index (χ3n) is 5.28. The molecule has 8 nitrogen and oxygen atoms in total. The van der Waals surface area contributed by atoms with Crippen molar-refractivity contribution in [3.8, 4) is 5.75 Å². The standard InChI is InChI=1S/C19H18N6O2S2/c1-20-18(26)9-3-4-10-14(5-9)28-19-16(10)17(21-8-22-19)23-11-7-15-12(24-25-29-15)6-13(11)27-2/h6-9H,3-5H2,1-2H3,(H,20,26)(H,21,22,23)/t9-/m0/s1. The van der Waals surface area contributed by atoms with Crippen LogP contribution in [0.2, 0.25) is 0 Å². The van der Waals surface area contributed by atoms with E-state index in [1.54, 1.807) is 31.8 Å². The molecule has 1 atom stereocenters. The van der Waals surface area contributed by atoms with Crippen molar-refractivity contribution in [3.05, 3.63) is 28.9 Å². The van der Waals surface area contributed by atoms with E-state index in [9.17, 15) is 4.79 Å². The number of carbonyl (C=O) groups is 1. The van der Waals surface area contributed by atoms with E-state index >= 15 is 0 Å². The molecular weight excluding hydrogens is 408 g/mol. The SMILES string of the molecule is CNC(=O)[C@H]1CCc2c(sc3ncnc(Nc4cc5snnc5cc4OC)c23)C1. The van der Waals surface area contributed by atoms with Crippen molar-refractivity contribution >= 4 is 60.7 Å². The molecule has 0 saturated heterocycles. The van der Waals surface area contributed by atoms with Crippen molar-refractivity contribution in [2.75, 3.05) is 19.5 Å². The van der Waals surface area contributed by atoms with Gasteiger partial charge in [-0.1, -0.05) is 4.49 Å². The number of aryl methyl sites for hydroxylation is 1. The molecule has 4 aromatic rings. The summed E-state index contributed by atoms with van der Waals surface area (Å²) >= 11 is 2.99. The first-order chi connectivity index (χ1) is 14.2. The number of methoxy groups -OCH3 is 1. The predicted octanol–water partition coefficient (Wildman–Crippen LogP) is 3.30. The van der Waals surface area contributed by atoms with Crippen molar-refractivity contribution in [2.45, 2.75) is 19.3 Å². The van der Waals surface area contributed by atoms with Crippen LogP contribution in [0.25, 0.3) is 20.4 Å². The predicted molar refractivity (Wildman–Crippen MR) is 114 cm³/mol. The van der Waals surface area contributed by atoms with Gasteiger partial charge in [-0.2, -0.15) is 0 Å².